The molecule has 1 unspecified atom stereocenters. The lowest BCUT2D eigenvalue weighted by Crippen LogP contribution is -2.67. The molecule has 1 atom stereocenters. The average Bonchev–Trinajstić information content (AvgIpc) is 2.44. The summed E-state index contributed by atoms with van der Waals surface area (Å²) in [7, 11) is 6.19. The van der Waals surface area contributed by atoms with Gasteiger partial charge >= 0.3 is 14.8 Å². The van der Waals surface area contributed by atoms with Crippen LogP contribution in [0.15, 0.2) is 12.2 Å². The molecule has 6 nitrogen and oxygen atoms in total. The van der Waals surface area contributed by atoms with Crippen LogP contribution in [0, 0.1) is 0 Å². The first-order valence-corrected chi connectivity index (χ1v) is 8.81. The van der Waals surface area contributed by atoms with Gasteiger partial charge in [-0.1, -0.05) is 13.5 Å². The molecule has 0 saturated carbocycles. The van der Waals surface area contributed by atoms with Gasteiger partial charge in [0, 0.05) is 33.3 Å². The standard InChI is InChI=1S/C14H30NO5Si/c1-9-13(21(17-6,18-7)19-8)15(4,5)10-11-20-14(16)12(2)3/h13H,2,9-11H2,1,3-8H3/q+1. The van der Waals surface area contributed by atoms with E-state index in [0.717, 1.165) is 6.42 Å². The Morgan fingerprint density at radius 2 is 1.67 bits per heavy atom. The molecule has 21 heavy (non-hydrogen) atoms. The second-order valence-electron chi connectivity index (χ2n) is 5.56. The van der Waals surface area contributed by atoms with Crippen molar-refractivity contribution in [3.8, 4) is 0 Å². The van der Waals surface area contributed by atoms with Crippen molar-refractivity contribution in [2.24, 2.45) is 0 Å². The third-order valence-electron chi connectivity index (χ3n) is 3.74. The van der Waals surface area contributed by atoms with Crippen molar-refractivity contribution in [2.45, 2.75) is 25.9 Å². The molecular formula is C14H30NO5Si+. The van der Waals surface area contributed by atoms with Gasteiger partial charge in [-0.05, 0) is 6.92 Å². The van der Waals surface area contributed by atoms with Gasteiger partial charge in [-0.25, -0.2) is 4.79 Å². The Hall–Kier alpha value is -0.733. The maximum atomic E-state index is 11.4. The number of hydrogen-bond donors (Lipinski definition) is 0. The zero-order valence-corrected chi connectivity index (χ0v) is 15.4. The lowest BCUT2D eigenvalue weighted by Gasteiger charge is -2.43. The SMILES string of the molecule is C=C(C)C(=O)OCC[N+](C)(C)C(CC)[Si](OC)(OC)OC. The minimum Gasteiger partial charge on any atom is -0.456 e. The van der Waals surface area contributed by atoms with Crippen LogP contribution in [0.25, 0.3) is 0 Å². The number of hydrogen-bond acceptors (Lipinski definition) is 5. The molecule has 0 radical (unpaired) electrons. The van der Waals surface area contributed by atoms with Crippen LogP contribution in [-0.4, -0.2) is 73.5 Å². The zero-order valence-electron chi connectivity index (χ0n) is 14.4. The van der Waals surface area contributed by atoms with E-state index in [9.17, 15) is 4.79 Å². The summed E-state index contributed by atoms with van der Waals surface area (Å²) in [5.74, 6) is -0.364. The van der Waals surface area contributed by atoms with E-state index in [2.05, 4.69) is 27.6 Å². The molecule has 0 heterocycles. The Morgan fingerprint density at radius 1 is 1.19 bits per heavy atom. The van der Waals surface area contributed by atoms with E-state index in [1.165, 1.54) is 0 Å². The first kappa shape index (κ1) is 20.3. The number of esters is 1. The molecule has 0 aromatic rings. The molecule has 0 aliphatic heterocycles. The Labute approximate surface area is 129 Å². The smallest absolute Gasteiger partial charge is 0.456 e. The van der Waals surface area contributed by atoms with Gasteiger partial charge in [0.1, 0.15) is 13.2 Å². The molecule has 0 rings (SSSR count). The summed E-state index contributed by atoms with van der Waals surface area (Å²) >= 11 is 0. The highest BCUT2D eigenvalue weighted by Crippen LogP contribution is 2.24. The van der Waals surface area contributed by atoms with Gasteiger partial charge in [-0.15, -0.1) is 0 Å². The molecule has 124 valence electrons. The van der Waals surface area contributed by atoms with E-state index in [4.69, 9.17) is 18.0 Å². The molecule has 0 saturated heterocycles. The normalized spacial score (nSPS) is 13.9. The predicted molar refractivity (Wildman–Crippen MR) is 83.6 cm³/mol. The maximum absolute atomic E-state index is 11.4. The van der Waals surface area contributed by atoms with E-state index in [0.29, 0.717) is 23.2 Å². The predicted octanol–water partition coefficient (Wildman–Crippen LogP) is 1.38. The Kier molecular flexibility index (Phi) is 8.35. The number of likely N-dealkylation sites (N-methyl/N-ethyl adjacent to an activating group) is 1. The fourth-order valence-electron chi connectivity index (χ4n) is 2.48. The van der Waals surface area contributed by atoms with Crippen molar-refractivity contribution in [1.82, 2.24) is 0 Å². The van der Waals surface area contributed by atoms with Crippen LogP contribution in [0.2, 0.25) is 0 Å². The quantitative estimate of drug-likeness (QED) is 0.263. The molecule has 0 fully saturated rings. The molecular weight excluding hydrogens is 290 g/mol. The van der Waals surface area contributed by atoms with E-state index in [1.807, 2.05) is 0 Å². The third-order valence-corrected chi connectivity index (χ3v) is 7.37. The van der Waals surface area contributed by atoms with E-state index in [1.54, 1.807) is 28.3 Å². The van der Waals surface area contributed by atoms with Crippen LogP contribution in [0.3, 0.4) is 0 Å². The third kappa shape index (κ3) is 5.19. The van der Waals surface area contributed by atoms with Gasteiger partial charge < -0.3 is 22.5 Å². The first-order valence-electron chi connectivity index (χ1n) is 7.01. The maximum Gasteiger partial charge on any atom is 0.561 e. The number of rotatable bonds is 10. The Morgan fingerprint density at radius 3 is 2.00 bits per heavy atom. The largest absolute Gasteiger partial charge is 0.561 e. The summed E-state index contributed by atoms with van der Waals surface area (Å²) in [6, 6.07) is 0. The van der Waals surface area contributed by atoms with Crippen molar-refractivity contribution in [1.29, 1.82) is 0 Å². The fraction of sp³-hybridized carbons (Fsp3) is 0.786. The van der Waals surface area contributed by atoms with Crippen molar-refractivity contribution < 1.29 is 27.3 Å². The van der Waals surface area contributed by atoms with E-state index < -0.39 is 8.80 Å². The summed E-state index contributed by atoms with van der Waals surface area (Å²) in [4.78, 5) is 11.4. The van der Waals surface area contributed by atoms with Crippen LogP contribution < -0.4 is 0 Å². The molecule has 0 aromatic carbocycles. The minimum absolute atomic E-state index is 0.0565. The summed E-state index contributed by atoms with van der Waals surface area (Å²) in [5, 5.41) is 0. The van der Waals surface area contributed by atoms with Gasteiger partial charge in [0.05, 0.1) is 14.1 Å². The van der Waals surface area contributed by atoms with Crippen molar-refractivity contribution in [3.05, 3.63) is 12.2 Å². The number of quaternary nitrogens is 1. The van der Waals surface area contributed by atoms with Gasteiger partial charge in [-0.3, -0.25) is 0 Å². The monoisotopic (exact) mass is 320 g/mol. The fourth-order valence-corrected chi connectivity index (χ4v) is 5.28. The number of ether oxygens (including phenoxy) is 1. The zero-order chi connectivity index (χ0) is 16.7. The number of carbonyl (C=O) groups is 1. The lowest BCUT2D eigenvalue weighted by atomic mass is 10.3. The second-order valence-corrected chi connectivity index (χ2v) is 8.66. The number of carbonyl (C=O) groups excluding carboxylic acids is 1. The van der Waals surface area contributed by atoms with E-state index in [-0.39, 0.29) is 11.6 Å². The van der Waals surface area contributed by atoms with Crippen molar-refractivity contribution in [2.75, 3.05) is 48.6 Å². The average molecular weight is 320 g/mol. The topological polar surface area (TPSA) is 54.0 Å². The molecule has 0 bridgehead atoms. The molecule has 0 N–H and O–H groups in total. The number of nitrogens with zero attached hydrogens (tertiary/aromatic N) is 1. The molecule has 7 heteroatoms. The van der Waals surface area contributed by atoms with Crippen LogP contribution in [0.4, 0.5) is 0 Å². The van der Waals surface area contributed by atoms with Gasteiger partial charge in [0.25, 0.3) is 0 Å². The summed E-state index contributed by atoms with van der Waals surface area (Å²) in [6.45, 7) is 8.23. The highest BCUT2D eigenvalue weighted by atomic mass is 28.4. The van der Waals surface area contributed by atoms with Crippen LogP contribution in [0.5, 0.6) is 0 Å². The second kappa shape index (κ2) is 8.65. The van der Waals surface area contributed by atoms with Gasteiger partial charge in [-0.2, -0.15) is 0 Å². The van der Waals surface area contributed by atoms with Crippen LogP contribution >= 0.6 is 0 Å². The van der Waals surface area contributed by atoms with Gasteiger partial charge in [0.2, 0.25) is 0 Å². The van der Waals surface area contributed by atoms with Crippen LogP contribution in [0.1, 0.15) is 20.3 Å². The molecule has 0 spiro atoms. The highest BCUT2D eigenvalue weighted by Gasteiger charge is 2.55. The van der Waals surface area contributed by atoms with Gasteiger partial charge in [0.15, 0.2) is 5.67 Å². The Balaban J connectivity index is 4.91. The molecule has 0 aromatic heterocycles. The molecule has 0 aliphatic rings. The van der Waals surface area contributed by atoms with Crippen molar-refractivity contribution >= 4 is 14.8 Å². The van der Waals surface area contributed by atoms with Crippen molar-refractivity contribution in [3.63, 3.8) is 0 Å². The lowest BCUT2D eigenvalue weighted by molar-refractivity contribution is -0.906. The summed E-state index contributed by atoms with van der Waals surface area (Å²) in [5.41, 5.74) is 0.461. The van der Waals surface area contributed by atoms with E-state index >= 15 is 0 Å². The van der Waals surface area contributed by atoms with Crippen LogP contribution in [-0.2, 0) is 22.8 Å². The Bertz CT molecular complexity index is 347. The molecule has 0 amide bonds. The molecule has 0 aliphatic carbocycles. The minimum atomic E-state index is -2.77. The summed E-state index contributed by atoms with van der Waals surface area (Å²) < 4.78 is 22.6. The first-order chi connectivity index (χ1) is 9.70. The highest BCUT2D eigenvalue weighted by molar-refractivity contribution is 6.62. The summed E-state index contributed by atoms with van der Waals surface area (Å²) in [6.07, 6.45) is 0.836.